The summed E-state index contributed by atoms with van der Waals surface area (Å²) in [5.41, 5.74) is 0. The Morgan fingerprint density at radius 2 is 2.08 bits per heavy atom. The smallest absolute Gasteiger partial charge is 0.219 e. The second kappa shape index (κ2) is 5.07. The predicted molar refractivity (Wildman–Crippen MR) is 58.6 cm³/mol. The number of ether oxygens (including phenoxy) is 1. The molecule has 1 rings (SSSR count). The third kappa shape index (κ3) is 2.94. The van der Waals surface area contributed by atoms with Crippen LogP contribution >= 0.6 is 24.0 Å². The SMILES string of the molecule is CSC(=S)O[C@@H]1CCCC[C@H]1C. The average molecular weight is 204 g/mol. The van der Waals surface area contributed by atoms with Crippen molar-refractivity contribution in [3.05, 3.63) is 0 Å². The van der Waals surface area contributed by atoms with Crippen molar-refractivity contribution < 1.29 is 4.74 Å². The van der Waals surface area contributed by atoms with E-state index in [9.17, 15) is 0 Å². The minimum Gasteiger partial charge on any atom is -0.475 e. The largest absolute Gasteiger partial charge is 0.475 e. The molecule has 0 spiro atoms. The highest BCUT2D eigenvalue weighted by Gasteiger charge is 2.23. The lowest BCUT2D eigenvalue weighted by Crippen LogP contribution is -2.26. The molecule has 0 radical (unpaired) electrons. The molecule has 1 nitrogen and oxygen atoms in total. The molecule has 0 amide bonds. The molecule has 1 aliphatic carbocycles. The number of thiocarbonyl (C=S) groups is 1. The van der Waals surface area contributed by atoms with Gasteiger partial charge in [-0.25, -0.2) is 0 Å². The molecule has 1 aliphatic rings. The van der Waals surface area contributed by atoms with Crippen LogP contribution in [0.4, 0.5) is 0 Å². The minimum atomic E-state index is 0.388. The van der Waals surface area contributed by atoms with Crippen molar-refractivity contribution in [2.75, 3.05) is 6.26 Å². The molecule has 0 heterocycles. The third-order valence-corrected chi connectivity index (χ3v) is 3.47. The lowest BCUT2D eigenvalue weighted by Gasteiger charge is -2.28. The van der Waals surface area contributed by atoms with E-state index in [0.717, 1.165) is 0 Å². The topological polar surface area (TPSA) is 9.23 Å². The first-order valence-electron chi connectivity index (χ1n) is 4.48. The van der Waals surface area contributed by atoms with Crippen LogP contribution in [0.1, 0.15) is 32.6 Å². The van der Waals surface area contributed by atoms with Crippen molar-refractivity contribution in [1.82, 2.24) is 0 Å². The van der Waals surface area contributed by atoms with E-state index >= 15 is 0 Å². The van der Waals surface area contributed by atoms with Crippen LogP contribution in [0.5, 0.6) is 0 Å². The van der Waals surface area contributed by atoms with Gasteiger partial charge in [0.25, 0.3) is 0 Å². The summed E-state index contributed by atoms with van der Waals surface area (Å²) in [6.45, 7) is 2.26. The first-order chi connectivity index (χ1) is 5.74. The molecule has 0 saturated heterocycles. The maximum Gasteiger partial charge on any atom is 0.219 e. The highest BCUT2D eigenvalue weighted by molar-refractivity contribution is 8.22. The number of thioether (sulfide) groups is 1. The minimum absolute atomic E-state index is 0.388. The Kier molecular flexibility index (Phi) is 4.36. The van der Waals surface area contributed by atoms with E-state index in [1.807, 2.05) is 6.26 Å². The molecule has 0 unspecified atom stereocenters. The predicted octanol–water partition coefficient (Wildman–Crippen LogP) is 3.23. The van der Waals surface area contributed by atoms with Gasteiger partial charge in [-0.3, -0.25) is 0 Å². The van der Waals surface area contributed by atoms with Gasteiger partial charge in [-0.2, -0.15) is 0 Å². The van der Waals surface area contributed by atoms with Crippen LogP contribution in [0.3, 0.4) is 0 Å². The monoisotopic (exact) mass is 204 g/mol. The molecule has 0 bridgehead atoms. The van der Waals surface area contributed by atoms with Crippen LogP contribution in [0.2, 0.25) is 0 Å². The molecule has 0 aromatic carbocycles. The van der Waals surface area contributed by atoms with Crippen molar-refractivity contribution in [2.45, 2.75) is 38.7 Å². The van der Waals surface area contributed by atoms with Gasteiger partial charge in [0, 0.05) is 0 Å². The summed E-state index contributed by atoms with van der Waals surface area (Å²) in [5, 5.41) is 0. The summed E-state index contributed by atoms with van der Waals surface area (Å²) < 4.78 is 6.35. The Labute approximate surface area is 84.2 Å². The fourth-order valence-corrected chi connectivity index (χ4v) is 1.97. The van der Waals surface area contributed by atoms with E-state index in [1.165, 1.54) is 37.4 Å². The fraction of sp³-hybridized carbons (Fsp3) is 0.889. The van der Waals surface area contributed by atoms with Crippen LogP contribution in [-0.4, -0.2) is 16.7 Å². The van der Waals surface area contributed by atoms with Gasteiger partial charge < -0.3 is 4.74 Å². The summed E-state index contributed by atoms with van der Waals surface area (Å²) in [4.78, 5) is 0. The van der Waals surface area contributed by atoms with Crippen LogP contribution in [0, 0.1) is 5.92 Å². The molecule has 1 fully saturated rings. The van der Waals surface area contributed by atoms with Gasteiger partial charge in [-0.1, -0.05) is 25.1 Å². The summed E-state index contributed by atoms with van der Waals surface area (Å²) in [7, 11) is 0. The zero-order valence-corrected chi connectivity index (χ0v) is 9.34. The van der Waals surface area contributed by atoms with E-state index in [4.69, 9.17) is 17.0 Å². The highest BCUT2D eigenvalue weighted by Crippen LogP contribution is 2.27. The lowest BCUT2D eigenvalue weighted by molar-refractivity contribution is 0.0994. The standard InChI is InChI=1S/C9H16OS2/c1-7-5-3-4-6-8(7)10-9(11)12-2/h7-8H,3-6H2,1-2H3/t7-,8-/m1/s1. The summed E-state index contributed by atoms with van der Waals surface area (Å²) in [6.07, 6.45) is 7.48. The Morgan fingerprint density at radius 1 is 1.42 bits per heavy atom. The van der Waals surface area contributed by atoms with E-state index in [-0.39, 0.29) is 0 Å². The maximum absolute atomic E-state index is 5.65. The third-order valence-electron chi connectivity index (χ3n) is 2.45. The second-order valence-electron chi connectivity index (χ2n) is 3.37. The molecular weight excluding hydrogens is 188 g/mol. The van der Waals surface area contributed by atoms with Crippen molar-refractivity contribution in [2.24, 2.45) is 5.92 Å². The maximum atomic E-state index is 5.65. The zero-order chi connectivity index (χ0) is 8.97. The van der Waals surface area contributed by atoms with Gasteiger partial charge in [-0.15, -0.1) is 0 Å². The first-order valence-corrected chi connectivity index (χ1v) is 6.12. The quantitative estimate of drug-likeness (QED) is 0.607. The average Bonchev–Trinajstić information content (AvgIpc) is 2.09. The van der Waals surface area contributed by atoms with E-state index in [1.54, 1.807) is 0 Å². The van der Waals surface area contributed by atoms with Crippen molar-refractivity contribution in [3.63, 3.8) is 0 Å². The Bertz CT molecular complexity index is 159. The Balaban J connectivity index is 2.33. The van der Waals surface area contributed by atoms with Crippen LogP contribution in [0.15, 0.2) is 0 Å². The van der Waals surface area contributed by atoms with Crippen LogP contribution in [0.25, 0.3) is 0 Å². The van der Waals surface area contributed by atoms with E-state index in [2.05, 4.69) is 6.92 Å². The number of rotatable bonds is 1. The number of hydrogen-bond donors (Lipinski definition) is 0. The lowest BCUT2D eigenvalue weighted by atomic mass is 9.88. The van der Waals surface area contributed by atoms with Crippen molar-refractivity contribution >= 4 is 28.4 Å². The number of hydrogen-bond acceptors (Lipinski definition) is 3. The zero-order valence-electron chi connectivity index (χ0n) is 7.71. The molecule has 0 aromatic rings. The highest BCUT2D eigenvalue weighted by atomic mass is 32.2. The van der Waals surface area contributed by atoms with Crippen LogP contribution < -0.4 is 0 Å². The van der Waals surface area contributed by atoms with Crippen LogP contribution in [-0.2, 0) is 4.74 Å². The molecule has 0 aromatic heterocycles. The fourth-order valence-electron chi connectivity index (χ4n) is 1.63. The second-order valence-corrected chi connectivity index (χ2v) is 4.78. The Hall–Kier alpha value is 0.240. The molecule has 3 heteroatoms. The van der Waals surface area contributed by atoms with Crippen molar-refractivity contribution in [1.29, 1.82) is 0 Å². The van der Waals surface area contributed by atoms with Crippen molar-refractivity contribution in [3.8, 4) is 0 Å². The Morgan fingerprint density at radius 3 is 2.67 bits per heavy atom. The first kappa shape index (κ1) is 10.3. The van der Waals surface area contributed by atoms with Gasteiger partial charge in [0.05, 0.1) is 0 Å². The summed E-state index contributed by atoms with van der Waals surface area (Å²) in [6, 6.07) is 0. The summed E-state index contributed by atoms with van der Waals surface area (Å²) in [5.74, 6) is 0.684. The molecule has 12 heavy (non-hydrogen) atoms. The van der Waals surface area contributed by atoms with Gasteiger partial charge in [0.1, 0.15) is 6.10 Å². The molecule has 0 N–H and O–H groups in total. The molecule has 0 aliphatic heterocycles. The van der Waals surface area contributed by atoms with Gasteiger partial charge in [-0.05, 0) is 43.7 Å². The molecular formula is C9H16OS2. The molecule has 70 valence electrons. The van der Waals surface area contributed by atoms with E-state index < -0.39 is 0 Å². The molecule has 1 saturated carbocycles. The molecule has 2 atom stereocenters. The summed E-state index contributed by atoms with van der Waals surface area (Å²) >= 11 is 6.56. The van der Waals surface area contributed by atoms with Gasteiger partial charge in [0.2, 0.25) is 4.38 Å². The van der Waals surface area contributed by atoms with Gasteiger partial charge in [0.15, 0.2) is 0 Å². The van der Waals surface area contributed by atoms with E-state index in [0.29, 0.717) is 16.4 Å². The van der Waals surface area contributed by atoms with Gasteiger partial charge >= 0.3 is 0 Å². The normalized spacial score (nSPS) is 29.8.